The number of phenols is 1. The van der Waals surface area contributed by atoms with Crippen molar-refractivity contribution in [2.75, 3.05) is 20.8 Å². The monoisotopic (exact) mass is 311 g/mol. The van der Waals surface area contributed by atoms with Gasteiger partial charge in [-0.3, -0.25) is 4.90 Å². The lowest BCUT2D eigenvalue weighted by molar-refractivity contribution is 0.160. The molecule has 0 saturated carbocycles. The highest BCUT2D eigenvalue weighted by atomic mass is 16.5. The average molecular weight is 311 g/mol. The summed E-state index contributed by atoms with van der Waals surface area (Å²) >= 11 is 0. The zero-order valence-electron chi connectivity index (χ0n) is 13.5. The maximum Gasteiger partial charge on any atom is 0.160 e. The predicted molar refractivity (Wildman–Crippen MR) is 88.2 cm³/mol. The maximum atomic E-state index is 10.1. The van der Waals surface area contributed by atoms with E-state index in [1.165, 1.54) is 22.3 Å². The van der Waals surface area contributed by atoms with Gasteiger partial charge in [0, 0.05) is 19.1 Å². The van der Waals surface area contributed by atoms with Gasteiger partial charge in [-0.25, -0.2) is 0 Å². The number of aromatic hydroxyl groups is 1. The van der Waals surface area contributed by atoms with E-state index in [0.29, 0.717) is 11.8 Å². The van der Waals surface area contributed by atoms with Crippen LogP contribution in [0, 0.1) is 0 Å². The minimum absolute atomic E-state index is 0.227. The molecule has 0 saturated heterocycles. The highest BCUT2D eigenvalue weighted by Crippen LogP contribution is 2.41. The van der Waals surface area contributed by atoms with Crippen LogP contribution in [-0.4, -0.2) is 30.8 Å². The molecule has 0 spiro atoms. The van der Waals surface area contributed by atoms with Crippen LogP contribution < -0.4 is 9.47 Å². The quantitative estimate of drug-likeness (QED) is 0.925. The number of fused-ring (bicyclic) bond motifs is 4. The minimum atomic E-state index is 0.227. The molecular weight excluding hydrogens is 290 g/mol. The number of nitrogens with zero attached hydrogens (tertiary/aromatic N) is 1. The van der Waals surface area contributed by atoms with Gasteiger partial charge >= 0.3 is 0 Å². The number of hydrogen-bond acceptors (Lipinski definition) is 4. The van der Waals surface area contributed by atoms with Crippen LogP contribution in [0.25, 0.3) is 0 Å². The summed E-state index contributed by atoms with van der Waals surface area (Å²) in [7, 11) is 3.31. The lowest BCUT2D eigenvalue weighted by Gasteiger charge is -2.41. The Hall–Kier alpha value is -2.20. The van der Waals surface area contributed by atoms with Gasteiger partial charge in [-0.15, -0.1) is 0 Å². The molecule has 0 radical (unpaired) electrons. The van der Waals surface area contributed by atoms with Crippen molar-refractivity contribution in [1.29, 1.82) is 0 Å². The van der Waals surface area contributed by atoms with Crippen LogP contribution in [0.5, 0.6) is 17.2 Å². The van der Waals surface area contributed by atoms with Gasteiger partial charge in [0.2, 0.25) is 0 Å². The Kier molecular flexibility index (Phi) is 3.42. The summed E-state index contributed by atoms with van der Waals surface area (Å²) in [5, 5.41) is 10.1. The molecule has 0 amide bonds. The fraction of sp³-hybridized carbons (Fsp3) is 0.368. The third-order valence-corrected chi connectivity index (χ3v) is 5.11. The van der Waals surface area contributed by atoms with Crippen LogP contribution in [0.2, 0.25) is 0 Å². The Morgan fingerprint density at radius 1 is 1.04 bits per heavy atom. The first-order valence-corrected chi connectivity index (χ1v) is 7.99. The molecule has 120 valence electrons. The zero-order valence-corrected chi connectivity index (χ0v) is 13.5. The minimum Gasteiger partial charge on any atom is -0.504 e. The molecule has 0 bridgehead atoms. The van der Waals surface area contributed by atoms with E-state index in [0.717, 1.165) is 31.7 Å². The van der Waals surface area contributed by atoms with Crippen molar-refractivity contribution in [2.24, 2.45) is 0 Å². The van der Waals surface area contributed by atoms with Crippen molar-refractivity contribution in [3.05, 3.63) is 52.6 Å². The van der Waals surface area contributed by atoms with Crippen molar-refractivity contribution < 1.29 is 14.6 Å². The molecule has 0 fully saturated rings. The normalized spacial score (nSPS) is 19.5. The van der Waals surface area contributed by atoms with Gasteiger partial charge in [0.15, 0.2) is 11.5 Å². The Morgan fingerprint density at radius 3 is 2.70 bits per heavy atom. The van der Waals surface area contributed by atoms with E-state index in [-0.39, 0.29) is 5.75 Å². The molecule has 4 heteroatoms. The molecule has 1 N–H and O–H groups in total. The molecule has 1 atom stereocenters. The molecule has 0 aliphatic carbocycles. The molecular formula is C19H21NO3. The summed E-state index contributed by atoms with van der Waals surface area (Å²) in [5.41, 5.74) is 5.24. The van der Waals surface area contributed by atoms with Crippen molar-refractivity contribution in [3.8, 4) is 17.2 Å². The fourth-order valence-electron chi connectivity index (χ4n) is 3.88. The first kappa shape index (κ1) is 14.4. The summed E-state index contributed by atoms with van der Waals surface area (Å²) in [6.07, 6.45) is 1.97. The topological polar surface area (TPSA) is 41.9 Å². The maximum absolute atomic E-state index is 10.1. The Bertz CT molecular complexity index is 757. The molecule has 2 heterocycles. The SMILES string of the molecule is COc1ccc2c(c1)CCN1Cc3cc(OC)c(O)cc3C[C@H]21. The number of methoxy groups -OCH3 is 2. The summed E-state index contributed by atoms with van der Waals surface area (Å²) in [5.74, 6) is 1.71. The largest absolute Gasteiger partial charge is 0.504 e. The zero-order chi connectivity index (χ0) is 16.0. The van der Waals surface area contributed by atoms with Crippen molar-refractivity contribution in [3.63, 3.8) is 0 Å². The molecule has 0 aromatic heterocycles. The fourth-order valence-corrected chi connectivity index (χ4v) is 3.88. The van der Waals surface area contributed by atoms with Crippen molar-refractivity contribution in [1.82, 2.24) is 4.90 Å². The van der Waals surface area contributed by atoms with Crippen LogP contribution in [-0.2, 0) is 19.4 Å². The standard InChI is InChI=1S/C19H21NO3/c1-22-15-3-4-16-12(7-15)5-6-20-11-14-10-19(23-2)18(21)9-13(14)8-17(16)20/h3-4,7,9-10,17,21H,5-6,8,11H2,1-2H3/t17-/m1/s1. The molecule has 2 aromatic rings. The third kappa shape index (κ3) is 2.34. The van der Waals surface area contributed by atoms with E-state index >= 15 is 0 Å². The molecule has 0 unspecified atom stereocenters. The summed E-state index contributed by atoms with van der Waals surface area (Å²) in [4.78, 5) is 2.52. The second-order valence-corrected chi connectivity index (χ2v) is 6.30. The molecule has 4 nitrogen and oxygen atoms in total. The molecule has 23 heavy (non-hydrogen) atoms. The van der Waals surface area contributed by atoms with E-state index in [2.05, 4.69) is 17.0 Å². The van der Waals surface area contributed by atoms with Crippen LogP contribution in [0.1, 0.15) is 28.3 Å². The van der Waals surface area contributed by atoms with Gasteiger partial charge in [0.05, 0.1) is 14.2 Å². The Balaban J connectivity index is 1.72. The highest BCUT2D eigenvalue weighted by molar-refractivity contribution is 5.49. The van der Waals surface area contributed by atoms with Gasteiger partial charge in [-0.2, -0.15) is 0 Å². The lowest BCUT2D eigenvalue weighted by Crippen LogP contribution is -2.39. The lowest BCUT2D eigenvalue weighted by atomic mass is 9.84. The summed E-state index contributed by atoms with van der Waals surface area (Å²) < 4.78 is 10.6. The number of hydrogen-bond donors (Lipinski definition) is 1. The van der Waals surface area contributed by atoms with E-state index in [1.807, 2.05) is 18.2 Å². The van der Waals surface area contributed by atoms with Gasteiger partial charge in [-0.1, -0.05) is 6.07 Å². The Labute approximate surface area is 136 Å². The second-order valence-electron chi connectivity index (χ2n) is 6.30. The number of benzene rings is 2. The van der Waals surface area contributed by atoms with E-state index in [9.17, 15) is 5.11 Å². The van der Waals surface area contributed by atoms with E-state index in [4.69, 9.17) is 9.47 Å². The van der Waals surface area contributed by atoms with Crippen LogP contribution >= 0.6 is 0 Å². The predicted octanol–water partition coefficient (Wildman–Crippen LogP) is 3.06. The molecule has 2 aliphatic rings. The average Bonchev–Trinajstić information content (AvgIpc) is 2.59. The molecule has 4 rings (SSSR count). The van der Waals surface area contributed by atoms with Crippen LogP contribution in [0.3, 0.4) is 0 Å². The first-order valence-electron chi connectivity index (χ1n) is 7.99. The summed E-state index contributed by atoms with van der Waals surface area (Å²) in [6, 6.07) is 10.6. The first-order chi connectivity index (χ1) is 11.2. The molecule has 2 aliphatic heterocycles. The number of phenolic OH excluding ortho intramolecular Hbond substituents is 1. The highest BCUT2D eigenvalue weighted by Gasteiger charge is 2.32. The van der Waals surface area contributed by atoms with Crippen LogP contribution in [0.15, 0.2) is 30.3 Å². The summed E-state index contributed by atoms with van der Waals surface area (Å²) in [6.45, 7) is 1.95. The smallest absolute Gasteiger partial charge is 0.160 e. The van der Waals surface area contributed by atoms with E-state index in [1.54, 1.807) is 14.2 Å². The van der Waals surface area contributed by atoms with Gasteiger partial charge in [0.1, 0.15) is 5.75 Å². The van der Waals surface area contributed by atoms with Gasteiger partial charge < -0.3 is 14.6 Å². The number of ether oxygens (including phenoxy) is 2. The third-order valence-electron chi connectivity index (χ3n) is 5.11. The van der Waals surface area contributed by atoms with Gasteiger partial charge in [0.25, 0.3) is 0 Å². The van der Waals surface area contributed by atoms with Crippen LogP contribution in [0.4, 0.5) is 0 Å². The van der Waals surface area contributed by atoms with Gasteiger partial charge in [-0.05, 0) is 59.4 Å². The molecule has 2 aromatic carbocycles. The second kappa shape index (κ2) is 5.46. The Morgan fingerprint density at radius 2 is 1.91 bits per heavy atom. The number of rotatable bonds is 2. The van der Waals surface area contributed by atoms with Crippen molar-refractivity contribution >= 4 is 0 Å². The van der Waals surface area contributed by atoms with Crippen molar-refractivity contribution in [2.45, 2.75) is 25.4 Å². The van der Waals surface area contributed by atoms with E-state index < -0.39 is 0 Å².